The molecule has 2 aliphatic carbocycles. The van der Waals surface area contributed by atoms with E-state index in [2.05, 4.69) is 36.6 Å². The van der Waals surface area contributed by atoms with Gasteiger partial charge in [0.1, 0.15) is 0 Å². The second kappa shape index (κ2) is 5.52. The quantitative estimate of drug-likeness (QED) is 0.839. The molecule has 0 saturated heterocycles. The number of hydrogen-bond acceptors (Lipinski definition) is 1. The number of fused-ring (bicyclic) bond motifs is 1. The van der Waals surface area contributed by atoms with Gasteiger partial charge in [0, 0.05) is 17.0 Å². The zero-order valence-electron chi connectivity index (χ0n) is 11.3. The molecule has 1 aromatic carbocycles. The van der Waals surface area contributed by atoms with E-state index in [1.807, 2.05) is 12.1 Å². The summed E-state index contributed by atoms with van der Waals surface area (Å²) >= 11 is 6.00. The van der Waals surface area contributed by atoms with Gasteiger partial charge in [0.2, 0.25) is 0 Å². The van der Waals surface area contributed by atoms with Crippen LogP contribution >= 0.6 is 11.6 Å². The Balaban J connectivity index is 1.93. The van der Waals surface area contributed by atoms with Crippen molar-refractivity contribution in [3.8, 4) is 0 Å². The summed E-state index contributed by atoms with van der Waals surface area (Å²) < 4.78 is 0. The maximum atomic E-state index is 6.00. The highest BCUT2D eigenvalue weighted by Gasteiger charge is 2.30. The predicted molar refractivity (Wildman–Crippen MR) is 81.7 cm³/mol. The lowest BCUT2D eigenvalue weighted by molar-refractivity contribution is 0.490. The second-order valence-corrected chi connectivity index (χ2v) is 5.86. The van der Waals surface area contributed by atoms with Crippen molar-refractivity contribution in [2.45, 2.75) is 37.6 Å². The van der Waals surface area contributed by atoms with E-state index in [-0.39, 0.29) is 0 Å². The smallest absolute Gasteiger partial charge is 0.0406 e. The zero-order valence-corrected chi connectivity index (χ0v) is 12.1. The van der Waals surface area contributed by atoms with Crippen molar-refractivity contribution in [2.75, 3.05) is 7.05 Å². The lowest BCUT2D eigenvalue weighted by atomic mass is 9.72. The first kappa shape index (κ1) is 13.0. The number of hydrogen-bond donors (Lipinski definition) is 1. The predicted octanol–water partition coefficient (Wildman–Crippen LogP) is 4.45. The van der Waals surface area contributed by atoms with Gasteiger partial charge in [-0.3, -0.25) is 0 Å². The van der Waals surface area contributed by atoms with Gasteiger partial charge in [-0.15, -0.1) is 0 Å². The molecule has 0 radical (unpaired) electrons. The molecule has 2 atom stereocenters. The summed E-state index contributed by atoms with van der Waals surface area (Å²) in [4.78, 5) is 0. The monoisotopic (exact) mass is 273 g/mol. The van der Waals surface area contributed by atoms with Crippen LogP contribution in [0.25, 0.3) is 0 Å². The Morgan fingerprint density at radius 2 is 1.68 bits per heavy atom. The van der Waals surface area contributed by atoms with Crippen molar-refractivity contribution in [2.24, 2.45) is 0 Å². The Bertz CT molecular complexity index is 513. The van der Waals surface area contributed by atoms with Gasteiger partial charge in [-0.25, -0.2) is 0 Å². The molecule has 1 N–H and O–H groups in total. The van der Waals surface area contributed by atoms with Crippen LogP contribution in [0.3, 0.4) is 0 Å². The molecule has 2 heteroatoms. The molecular weight excluding hydrogens is 254 g/mol. The van der Waals surface area contributed by atoms with Crippen LogP contribution in [0.15, 0.2) is 47.6 Å². The Morgan fingerprint density at radius 1 is 1.00 bits per heavy atom. The topological polar surface area (TPSA) is 12.0 Å². The molecule has 1 nitrogen and oxygen atoms in total. The average molecular weight is 274 g/mol. The molecule has 0 bridgehead atoms. The van der Waals surface area contributed by atoms with Crippen molar-refractivity contribution >= 4 is 11.6 Å². The van der Waals surface area contributed by atoms with E-state index >= 15 is 0 Å². The summed E-state index contributed by atoms with van der Waals surface area (Å²) in [6.07, 6.45) is 9.67. The van der Waals surface area contributed by atoms with Crippen molar-refractivity contribution in [1.82, 2.24) is 5.32 Å². The van der Waals surface area contributed by atoms with Crippen LogP contribution < -0.4 is 5.32 Å². The highest BCUT2D eigenvalue weighted by molar-refractivity contribution is 6.30. The Hall–Kier alpha value is -1.05. The van der Waals surface area contributed by atoms with Crippen molar-refractivity contribution in [3.63, 3.8) is 0 Å². The maximum Gasteiger partial charge on any atom is 0.0406 e. The van der Waals surface area contributed by atoms with Gasteiger partial charge < -0.3 is 5.32 Å². The minimum absolute atomic E-state index is 0.537. The van der Waals surface area contributed by atoms with Crippen LogP contribution in [0.1, 0.15) is 37.2 Å². The van der Waals surface area contributed by atoms with Gasteiger partial charge in [0.25, 0.3) is 0 Å². The summed E-state index contributed by atoms with van der Waals surface area (Å²) in [5.74, 6) is 0.549. The van der Waals surface area contributed by atoms with Crippen molar-refractivity contribution in [1.29, 1.82) is 0 Å². The lowest BCUT2D eigenvalue weighted by Crippen LogP contribution is -2.34. The molecule has 1 fully saturated rings. The van der Waals surface area contributed by atoms with E-state index in [1.54, 1.807) is 5.57 Å². The molecule has 19 heavy (non-hydrogen) atoms. The van der Waals surface area contributed by atoms with Gasteiger partial charge in [0.15, 0.2) is 0 Å². The highest BCUT2D eigenvalue weighted by Crippen LogP contribution is 2.42. The standard InChI is InChI=1S/C17H20ClN/c1-19-17-11-10-14(12-6-8-13(18)9-7-12)15-4-2-3-5-16(15)17/h4-9,14,17,19H,2-3,10-11H2,1H3/t14-,17+/m0/s1. The van der Waals surface area contributed by atoms with Gasteiger partial charge >= 0.3 is 0 Å². The van der Waals surface area contributed by atoms with Crippen molar-refractivity contribution in [3.05, 3.63) is 58.1 Å². The van der Waals surface area contributed by atoms with Crippen LogP contribution in [0.4, 0.5) is 0 Å². The molecular formula is C17H20ClN. The van der Waals surface area contributed by atoms with E-state index in [0.29, 0.717) is 12.0 Å². The number of allylic oxidation sites excluding steroid dienone is 2. The van der Waals surface area contributed by atoms with E-state index in [9.17, 15) is 0 Å². The van der Waals surface area contributed by atoms with Crippen LogP contribution in [0.2, 0.25) is 5.02 Å². The van der Waals surface area contributed by atoms with Crippen LogP contribution in [-0.4, -0.2) is 13.1 Å². The van der Waals surface area contributed by atoms with Crippen LogP contribution in [0, 0.1) is 0 Å². The molecule has 3 rings (SSSR count). The van der Waals surface area contributed by atoms with E-state index in [0.717, 1.165) is 5.02 Å². The Labute approximate surface area is 120 Å². The first-order valence-electron chi connectivity index (χ1n) is 7.13. The number of nitrogens with one attached hydrogen (secondary N) is 1. The molecule has 0 spiro atoms. The van der Waals surface area contributed by atoms with E-state index in [1.165, 1.54) is 36.8 Å². The number of halogens is 1. The molecule has 0 amide bonds. The summed E-state index contributed by atoms with van der Waals surface area (Å²) in [6, 6.07) is 8.91. The number of rotatable bonds is 2. The number of benzene rings is 1. The first-order chi connectivity index (χ1) is 9.29. The van der Waals surface area contributed by atoms with E-state index in [4.69, 9.17) is 11.6 Å². The molecule has 0 heterocycles. The van der Waals surface area contributed by atoms with Gasteiger partial charge in [-0.2, -0.15) is 0 Å². The maximum absolute atomic E-state index is 6.00. The molecule has 1 saturated carbocycles. The summed E-state index contributed by atoms with van der Waals surface area (Å²) in [6.45, 7) is 0. The lowest BCUT2D eigenvalue weighted by Gasteiger charge is -2.36. The SMILES string of the molecule is CN[C@@H]1CC[C@@H](c2ccc(Cl)cc2)C2=CCCC=C21. The van der Waals surface area contributed by atoms with Crippen LogP contribution in [-0.2, 0) is 0 Å². The summed E-state index contributed by atoms with van der Waals surface area (Å²) in [7, 11) is 2.07. The molecule has 0 aliphatic heterocycles. The number of likely N-dealkylation sites (N-methyl/N-ethyl adjacent to an activating group) is 1. The summed E-state index contributed by atoms with van der Waals surface area (Å²) in [5.41, 5.74) is 4.47. The zero-order chi connectivity index (χ0) is 13.2. The Kier molecular flexibility index (Phi) is 3.76. The fraction of sp³-hybridized carbons (Fsp3) is 0.412. The summed E-state index contributed by atoms with van der Waals surface area (Å²) in [5, 5.41) is 4.27. The van der Waals surface area contributed by atoms with Gasteiger partial charge in [0.05, 0.1) is 0 Å². The fourth-order valence-electron chi connectivity index (χ4n) is 3.39. The third-order valence-corrected chi connectivity index (χ3v) is 4.60. The molecule has 0 unspecified atom stereocenters. The fourth-order valence-corrected chi connectivity index (χ4v) is 3.51. The van der Waals surface area contributed by atoms with Gasteiger partial charge in [-0.05, 0) is 61.6 Å². The molecule has 100 valence electrons. The molecule has 2 aliphatic rings. The second-order valence-electron chi connectivity index (χ2n) is 5.42. The molecule has 1 aromatic rings. The highest BCUT2D eigenvalue weighted by atomic mass is 35.5. The largest absolute Gasteiger partial charge is 0.313 e. The normalized spacial score (nSPS) is 26.4. The first-order valence-corrected chi connectivity index (χ1v) is 7.50. The minimum atomic E-state index is 0.537. The van der Waals surface area contributed by atoms with Crippen molar-refractivity contribution < 1.29 is 0 Å². The third-order valence-electron chi connectivity index (χ3n) is 4.34. The minimum Gasteiger partial charge on any atom is -0.313 e. The molecule has 0 aromatic heterocycles. The average Bonchev–Trinajstić information content (AvgIpc) is 2.47. The van der Waals surface area contributed by atoms with Crippen LogP contribution in [0.5, 0.6) is 0 Å². The van der Waals surface area contributed by atoms with E-state index < -0.39 is 0 Å². The third kappa shape index (κ3) is 2.50. The Morgan fingerprint density at radius 3 is 2.37 bits per heavy atom. The van der Waals surface area contributed by atoms with Gasteiger partial charge in [-0.1, -0.05) is 35.9 Å².